The van der Waals surface area contributed by atoms with E-state index in [0.29, 0.717) is 5.91 Å². The van der Waals surface area contributed by atoms with Gasteiger partial charge >= 0.3 is 0 Å². The van der Waals surface area contributed by atoms with Crippen molar-refractivity contribution in [1.29, 1.82) is 0 Å². The lowest BCUT2D eigenvalue weighted by Crippen LogP contribution is -2.34. The highest BCUT2D eigenvalue weighted by Crippen LogP contribution is 2.31. The second-order valence-electron chi connectivity index (χ2n) is 8.04. The van der Waals surface area contributed by atoms with E-state index in [4.69, 9.17) is 9.47 Å². The molecule has 160 valence electrons. The number of amides is 1. The average Bonchev–Trinajstić information content (AvgIpc) is 2.70. The summed E-state index contributed by atoms with van der Waals surface area (Å²) in [6.45, 7) is 7.60. The van der Waals surface area contributed by atoms with Crippen LogP contribution in [0.2, 0.25) is 0 Å². The van der Waals surface area contributed by atoms with Crippen LogP contribution in [0.1, 0.15) is 71.1 Å². The number of carbonyl (C=O) groups excluding carboxylic acids is 1. The Bertz CT molecular complexity index is 349. The smallest absolute Gasteiger partial charge is 0.223 e. The molecule has 5 heteroatoms. The predicted molar refractivity (Wildman–Crippen MR) is 112 cm³/mol. The van der Waals surface area contributed by atoms with Gasteiger partial charge in [0.2, 0.25) is 5.91 Å². The number of ether oxygens (including phenoxy) is 2. The molecule has 0 bridgehead atoms. The molecule has 0 radical (unpaired) electrons. The molecule has 1 rings (SSSR count). The molecular formula is C22H44N2O3. The van der Waals surface area contributed by atoms with E-state index in [0.717, 1.165) is 77.4 Å². The van der Waals surface area contributed by atoms with Gasteiger partial charge in [0.05, 0.1) is 13.2 Å². The van der Waals surface area contributed by atoms with Gasteiger partial charge in [-0.15, -0.1) is 0 Å². The fraction of sp³-hybridized carbons (Fsp3) is 0.955. The Balaban J connectivity index is 2.05. The van der Waals surface area contributed by atoms with Gasteiger partial charge in [0.1, 0.15) is 0 Å². The van der Waals surface area contributed by atoms with Crippen LogP contribution in [0.3, 0.4) is 0 Å². The van der Waals surface area contributed by atoms with Gasteiger partial charge in [-0.25, -0.2) is 0 Å². The number of hydrogen-bond donors (Lipinski definition) is 1. The molecule has 0 aromatic rings. The van der Waals surface area contributed by atoms with E-state index in [1.807, 2.05) is 0 Å². The Labute approximate surface area is 167 Å². The van der Waals surface area contributed by atoms with Crippen LogP contribution < -0.4 is 5.32 Å². The van der Waals surface area contributed by atoms with Gasteiger partial charge in [-0.1, -0.05) is 32.6 Å². The van der Waals surface area contributed by atoms with E-state index < -0.39 is 0 Å². The van der Waals surface area contributed by atoms with Crippen molar-refractivity contribution >= 4 is 5.91 Å². The second kappa shape index (κ2) is 16.3. The third-order valence-corrected chi connectivity index (χ3v) is 5.86. The zero-order chi connectivity index (χ0) is 19.7. The molecule has 1 aliphatic rings. The summed E-state index contributed by atoms with van der Waals surface area (Å²) in [4.78, 5) is 14.7. The third kappa shape index (κ3) is 11.7. The summed E-state index contributed by atoms with van der Waals surface area (Å²) < 4.78 is 10.4. The normalized spacial score (nSPS) is 20.1. The molecule has 0 saturated heterocycles. The minimum atomic E-state index is 0.265. The molecule has 0 aromatic carbocycles. The molecule has 0 spiro atoms. The molecule has 1 fully saturated rings. The van der Waals surface area contributed by atoms with Crippen LogP contribution in [0, 0.1) is 11.8 Å². The maximum Gasteiger partial charge on any atom is 0.223 e. The largest absolute Gasteiger partial charge is 0.383 e. The van der Waals surface area contributed by atoms with E-state index in [-0.39, 0.29) is 5.92 Å². The van der Waals surface area contributed by atoms with Crippen LogP contribution in [0.25, 0.3) is 0 Å². The van der Waals surface area contributed by atoms with Crippen molar-refractivity contribution in [2.45, 2.75) is 71.1 Å². The molecule has 0 heterocycles. The quantitative estimate of drug-likeness (QED) is 0.411. The van der Waals surface area contributed by atoms with Crippen LogP contribution in [-0.2, 0) is 14.3 Å². The highest BCUT2D eigenvalue weighted by atomic mass is 16.5. The van der Waals surface area contributed by atoms with Crippen molar-refractivity contribution in [1.82, 2.24) is 10.2 Å². The van der Waals surface area contributed by atoms with Crippen LogP contribution in [0.4, 0.5) is 0 Å². The van der Waals surface area contributed by atoms with Crippen LogP contribution in [0.5, 0.6) is 0 Å². The molecule has 5 nitrogen and oxygen atoms in total. The minimum absolute atomic E-state index is 0.265. The Morgan fingerprint density at radius 3 is 2.19 bits per heavy atom. The predicted octanol–water partition coefficient (Wildman–Crippen LogP) is 3.86. The molecular weight excluding hydrogens is 340 g/mol. The number of carbonyl (C=O) groups is 1. The van der Waals surface area contributed by atoms with E-state index in [9.17, 15) is 4.79 Å². The van der Waals surface area contributed by atoms with E-state index in [1.165, 1.54) is 32.1 Å². The molecule has 1 saturated carbocycles. The van der Waals surface area contributed by atoms with Crippen LogP contribution in [0.15, 0.2) is 0 Å². The third-order valence-electron chi connectivity index (χ3n) is 5.86. The van der Waals surface area contributed by atoms with Crippen LogP contribution in [-0.4, -0.2) is 64.4 Å². The molecule has 1 amide bonds. The Morgan fingerprint density at radius 2 is 1.59 bits per heavy atom. The number of methoxy groups -OCH3 is 2. The first kappa shape index (κ1) is 24.4. The number of nitrogens with one attached hydrogen (secondary N) is 1. The summed E-state index contributed by atoms with van der Waals surface area (Å²) in [7, 11) is 3.49. The molecule has 1 N–H and O–H groups in total. The maximum absolute atomic E-state index is 12.3. The Morgan fingerprint density at radius 1 is 0.926 bits per heavy atom. The summed E-state index contributed by atoms with van der Waals surface area (Å²) in [5.74, 6) is 1.43. The number of hydrogen-bond acceptors (Lipinski definition) is 4. The lowest BCUT2D eigenvalue weighted by Gasteiger charge is -2.27. The molecule has 0 aliphatic heterocycles. The van der Waals surface area contributed by atoms with Gasteiger partial charge in [-0.2, -0.15) is 0 Å². The first-order valence-electron chi connectivity index (χ1n) is 11.2. The van der Waals surface area contributed by atoms with Gasteiger partial charge in [-0.05, 0) is 51.0 Å². The SMILES string of the molecule is CCCCC1CCC(C(=O)NCCCCCN(CCOC)CCOC)CC1. The summed E-state index contributed by atoms with van der Waals surface area (Å²) in [6, 6.07) is 0. The number of unbranched alkanes of at least 4 members (excludes halogenated alkanes) is 3. The lowest BCUT2D eigenvalue weighted by molar-refractivity contribution is -0.126. The highest BCUT2D eigenvalue weighted by molar-refractivity contribution is 5.78. The van der Waals surface area contributed by atoms with Gasteiger partial charge in [-0.3, -0.25) is 9.69 Å². The first-order chi connectivity index (χ1) is 13.2. The van der Waals surface area contributed by atoms with E-state index in [1.54, 1.807) is 14.2 Å². The van der Waals surface area contributed by atoms with Crippen molar-refractivity contribution in [2.24, 2.45) is 11.8 Å². The second-order valence-corrected chi connectivity index (χ2v) is 8.04. The summed E-state index contributed by atoms with van der Waals surface area (Å²) in [5, 5.41) is 3.17. The fourth-order valence-corrected chi connectivity index (χ4v) is 3.98. The first-order valence-corrected chi connectivity index (χ1v) is 11.2. The van der Waals surface area contributed by atoms with Crippen molar-refractivity contribution in [3.8, 4) is 0 Å². The van der Waals surface area contributed by atoms with Gasteiger partial charge in [0.15, 0.2) is 0 Å². The molecule has 27 heavy (non-hydrogen) atoms. The Kier molecular flexibility index (Phi) is 14.7. The Hall–Kier alpha value is -0.650. The number of nitrogens with zero attached hydrogens (tertiary/aromatic N) is 1. The lowest BCUT2D eigenvalue weighted by atomic mass is 9.79. The summed E-state index contributed by atoms with van der Waals surface area (Å²) in [6.07, 6.45) is 12.0. The maximum atomic E-state index is 12.3. The van der Waals surface area contributed by atoms with E-state index >= 15 is 0 Å². The standard InChI is InChI=1S/C22H44N2O3/c1-4-5-9-20-10-12-21(13-11-20)22(25)23-14-7-6-8-15-24(16-18-26-2)17-19-27-3/h20-21H,4-19H2,1-3H3,(H,23,25). The van der Waals surface area contributed by atoms with Gasteiger partial charge in [0, 0.05) is 39.8 Å². The van der Waals surface area contributed by atoms with Crippen molar-refractivity contribution in [3.63, 3.8) is 0 Å². The average molecular weight is 385 g/mol. The molecule has 1 aliphatic carbocycles. The zero-order valence-electron chi connectivity index (χ0n) is 18.1. The number of rotatable bonds is 16. The summed E-state index contributed by atoms with van der Waals surface area (Å²) in [5.41, 5.74) is 0. The zero-order valence-corrected chi connectivity index (χ0v) is 18.1. The van der Waals surface area contributed by atoms with Gasteiger partial charge in [0.25, 0.3) is 0 Å². The molecule has 0 aromatic heterocycles. The monoisotopic (exact) mass is 384 g/mol. The van der Waals surface area contributed by atoms with E-state index in [2.05, 4.69) is 17.1 Å². The molecule has 0 atom stereocenters. The van der Waals surface area contributed by atoms with Crippen molar-refractivity contribution in [3.05, 3.63) is 0 Å². The highest BCUT2D eigenvalue weighted by Gasteiger charge is 2.25. The fourth-order valence-electron chi connectivity index (χ4n) is 3.98. The topological polar surface area (TPSA) is 50.8 Å². The van der Waals surface area contributed by atoms with Gasteiger partial charge < -0.3 is 14.8 Å². The minimum Gasteiger partial charge on any atom is -0.383 e. The molecule has 0 unspecified atom stereocenters. The van der Waals surface area contributed by atoms with Crippen molar-refractivity contribution in [2.75, 3.05) is 53.6 Å². The van der Waals surface area contributed by atoms with Crippen molar-refractivity contribution < 1.29 is 14.3 Å². The van der Waals surface area contributed by atoms with Crippen LogP contribution >= 0.6 is 0 Å². The summed E-state index contributed by atoms with van der Waals surface area (Å²) >= 11 is 0.